The molecule has 2 amide bonds. The number of methoxy groups -OCH3 is 1. The Bertz CT molecular complexity index is 802. The average molecular weight is 354 g/mol. The van der Waals surface area contributed by atoms with Gasteiger partial charge in [-0.25, -0.2) is 0 Å². The van der Waals surface area contributed by atoms with E-state index in [4.69, 9.17) is 4.74 Å². The molecular formula is C20H22N2O4. The van der Waals surface area contributed by atoms with Crippen LogP contribution in [0.25, 0.3) is 0 Å². The minimum atomic E-state index is -0.200. The lowest BCUT2D eigenvalue weighted by molar-refractivity contribution is -0.119. The van der Waals surface area contributed by atoms with Gasteiger partial charge >= 0.3 is 0 Å². The maximum atomic E-state index is 12.3. The highest BCUT2D eigenvalue weighted by atomic mass is 16.5. The number of piperidine rings is 1. The summed E-state index contributed by atoms with van der Waals surface area (Å²) in [5, 5.41) is 12.4. The number of rotatable bonds is 5. The molecule has 0 unspecified atom stereocenters. The molecule has 2 aromatic rings. The van der Waals surface area contributed by atoms with Crippen LogP contribution < -0.4 is 15.0 Å². The van der Waals surface area contributed by atoms with E-state index in [1.807, 2.05) is 12.1 Å². The molecule has 0 atom stereocenters. The second-order valence-electron chi connectivity index (χ2n) is 6.24. The van der Waals surface area contributed by atoms with Gasteiger partial charge in [-0.05, 0) is 54.8 Å². The number of anilines is 1. The molecule has 1 fully saturated rings. The number of benzene rings is 2. The first-order chi connectivity index (χ1) is 12.6. The number of amides is 2. The van der Waals surface area contributed by atoms with Crippen LogP contribution in [0.2, 0.25) is 0 Å². The minimum absolute atomic E-state index is 0.0606. The van der Waals surface area contributed by atoms with Crippen molar-refractivity contribution in [2.24, 2.45) is 0 Å². The summed E-state index contributed by atoms with van der Waals surface area (Å²) in [6.07, 6.45) is 2.53. The Hall–Kier alpha value is -3.02. The van der Waals surface area contributed by atoms with Gasteiger partial charge in [-0.15, -0.1) is 0 Å². The molecule has 0 bridgehead atoms. The van der Waals surface area contributed by atoms with E-state index in [2.05, 4.69) is 5.32 Å². The zero-order valence-electron chi connectivity index (χ0n) is 14.7. The fourth-order valence-electron chi connectivity index (χ4n) is 2.99. The Morgan fingerprint density at radius 2 is 1.96 bits per heavy atom. The van der Waals surface area contributed by atoms with Crippen LogP contribution in [0.15, 0.2) is 42.5 Å². The normalized spacial score (nSPS) is 14.2. The van der Waals surface area contributed by atoms with Crippen LogP contribution in [0.1, 0.15) is 35.2 Å². The molecule has 1 aliphatic heterocycles. The number of carbonyl (C=O) groups is 2. The van der Waals surface area contributed by atoms with Crippen molar-refractivity contribution in [1.29, 1.82) is 0 Å². The van der Waals surface area contributed by atoms with Crippen molar-refractivity contribution in [1.82, 2.24) is 5.32 Å². The van der Waals surface area contributed by atoms with E-state index in [-0.39, 0.29) is 17.6 Å². The summed E-state index contributed by atoms with van der Waals surface area (Å²) in [6, 6.07) is 12.0. The number of ether oxygens (including phenoxy) is 1. The van der Waals surface area contributed by atoms with Crippen molar-refractivity contribution in [2.45, 2.75) is 25.8 Å². The number of phenols is 1. The predicted molar refractivity (Wildman–Crippen MR) is 98.5 cm³/mol. The summed E-state index contributed by atoms with van der Waals surface area (Å²) in [7, 11) is 1.48. The Kier molecular flexibility index (Phi) is 5.41. The molecule has 3 rings (SSSR count). The minimum Gasteiger partial charge on any atom is -0.504 e. The molecular weight excluding hydrogens is 332 g/mol. The summed E-state index contributed by atoms with van der Waals surface area (Å²) in [6.45, 7) is 1.05. The van der Waals surface area contributed by atoms with E-state index in [1.54, 1.807) is 29.2 Å². The number of phenolic OH excluding ortho intramolecular Hbond substituents is 1. The van der Waals surface area contributed by atoms with Crippen LogP contribution in [-0.2, 0) is 11.3 Å². The standard InChI is InChI=1S/C20H22N2O4/c1-26-18-12-14(5-10-17(18)23)13-21-20(25)15-6-8-16(9-7-15)22-11-3-2-4-19(22)24/h5-10,12,23H,2-4,11,13H2,1H3,(H,21,25). The molecule has 2 N–H and O–H groups in total. The highest BCUT2D eigenvalue weighted by Crippen LogP contribution is 2.26. The SMILES string of the molecule is COc1cc(CNC(=O)c2ccc(N3CCCCC3=O)cc2)ccc1O. The van der Waals surface area contributed by atoms with Gasteiger partial charge in [-0.1, -0.05) is 6.07 Å². The van der Waals surface area contributed by atoms with E-state index >= 15 is 0 Å². The molecule has 0 spiro atoms. The Morgan fingerprint density at radius 1 is 1.19 bits per heavy atom. The second-order valence-corrected chi connectivity index (χ2v) is 6.24. The Balaban J connectivity index is 1.62. The van der Waals surface area contributed by atoms with Crippen molar-refractivity contribution >= 4 is 17.5 Å². The monoisotopic (exact) mass is 354 g/mol. The summed E-state index contributed by atoms with van der Waals surface area (Å²) < 4.78 is 5.06. The van der Waals surface area contributed by atoms with Gasteiger partial charge in [0.1, 0.15) is 0 Å². The van der Waals surface area contributed by atoms with Gasteiger partial charge in [0.2, 0.25) is 5.91 Å². The zero-order chi connectivity index (χ0) is 18.5. The maximum absolute atomic E-state index is 12.3. The summed E-state index contributed by atoms with van der Waals surface area (Å²) in [5.74, 6) is 0.362. The first kappa shape index (κ1) is 17.8. The number of nitrogens with zero attached hydrogens (tertiary/aromatic N) is 1. The van der Waals surface area contributed by atoms with Crippen molar-refractivity contribution in [3.63, 3.8) is 0 Å². The third kappa shape index (κ3) is 3.96. The lowest BCUT2D eigenvalue weighted by Gasteiger charge is -2.26. The van der Waals surface area contributed by atoms with E-state index in [1.165, 1.54) is 13.2 Å². The maximum Gasteiger partial charge on any atom is 0.251 e. The van der Waals surface area contributed by atoms with Gasteiger partial charge in [0, 0.05) is 30.8 Å². The molecule has 0 aliphatic carbocycles. The quantitative estimate of drug-likeness (QED) is 0.865. The van der Waals surface area contributed by atoms with Gasteiger partial charge in [0.25, 0.3) is 5.91 Å². The molecule has 0 aromatic heterocycles. The Labute approximate surface area is 152 Å². The topological polar surface area (TPSA) is 78.9 Å². The molecule has 0 radical (unpaired) electrons. The second kappa shape index (κ2) is 7.91. The third-order valence-corrected chi connectivity index (χ3v) is 4.46. The molecule has 1 aliphatic rings. The van der Waals surface area contributed by atoms with Crippen LogP contribution in [0.5, 0.6) is 11.5 Å². The first-order valence-electron chi connectivity index (χ1n) is 8.63. The van der Waals surface area contributed by atoms with Crippen LogP contribution in [0.3, 0.4) is 0 Å². The van der Waals surface area contributed by atoms with Crippen LogP contribution in [0.4, 0.5) is 5.69 Å². The molecule has 2 aromatic carbocycles. The molecule has 1 heterocycles. The Morgan fingerprint density at radius 3 is 2.65 bits per heavy atom. The fourth-order valence-corrected chi connectivity index (χ4v) is 2.99. The third-order valence-electron chi connectivity index (χ3n) is 4.46. The van der Waals surface area contributed by atoms with Crippen LogP contribution in [0, 0.1) is 0 Å². The lowest BCUT2D eigenvalue weighted by atomic mass is 10.1. The smallest absolute Gasteiger partial charge is 0.251 e. The van der Waals surface area contributed by atoms with Gasteiger partial charge in [0.05, 0.1) is 7.11 Å². The predicted octanol–water partition coefficient (Wildman–Crippen LogP) is 2.85. The van der Waals surface area contributed by atoms with Crippen molar-refractivity contribution in [3.8, 4) is 11.5 Å². The largest absolute Gasteiger partial charge is 0.504 e. The van der Waals surface area contributed by atoms with Gasteiger partial charge in [-0.2, -0.15) is 0 Å². The number of hydrogen-bond acceptors (Lipinski definition) is 4. The summed E-state index contributed by atoms with van der Waals surface area (Å²) in [4.78, 5) is 26.1. The number of nitrogens with one attached hydrogen (secondary N) is 1. The fraction of sp³-hybridized carbons (Fsp3) is 0.300. The van der Waals surface area contributed by atoms with E-state index in [0.717, 1.165) is 30.6 Å². The molecule has 0 saturated carbocycles. The highest BCUT2D eigenvalue weighted by Gasteiger charge is 2.19. The van der Waals surface area contributed by atoms with E-state index in [9.17, 15) is 14.7 Å². The van der Waals surface area contributed by atoms with Crippen LogP contribution in [-0.4, -0.2) is 30.6 Å². The van der Waals surface area contributed by atoms with Crippen LogP contribution >= 0.6 is 0 Å². The van der Waals surface area contributed by atoms with Crippen molar-refractivity contribution in [2.75, 3.05) is 18.6 Å². The van der Waals surface area contributed by atoms with E-state index < -0.39 is 0 Å². The zero-order valence-corrected chi connectivity index (χ0v) is 14.7. The molecule has 1 saturated heterocycles. The molecule has 136 valence electrons. The van der Waals surface area contributed by atoms with Gasteiger partial charge in [-0.3, -0.25) is 9.59 Å². The summed E-state index contributed by atoms with van der Waals surface area (Å²) in [5.41, 5.74) is 2.18. The highest BCUT2D eigenvalue weighted by molar-refractivity contribution is 5.96. The van der Waals surface area contributed by atoms with Crippen molar-refractivity contribution < 1.29 is 19.4 Å². The first-order valence-corrected chi connectivity index (χ1v) is 8.63. The van der Waals surface area contributed by atoms with Gasteiger partial charge < -0.3 is 20.1 Å². The summed E-state index contributed by atoms with van der Waals surface area (Å²) >= 11 is 0. The lowest BCUT2D eigenvalue weighted by Crippen LogP contribution is -2.35. The van der Waals surface area contributed by atoms with Gasteiger partial charge in [0.15, 0.2) is 11.5 Å². The molecule has 6 nitrogen and oxygen atoms in total. The number of aromatic hydroxyl groups is 1. The number of hydrogen-bond donors (Lipinski definition) is 2. The molecule has 26 heavy (non-hydrogen) atoms. The van der Waals surface area contributed by atoms with E-state index in [0.29, 0.717) is 24.3 Å². The molecule has 6 heteroatoms. The number of carbonyl (C=O) groups excluding carboxylic acids is 2. The van der Waals surface area contributed by atoms with Crippen molar-refractivity contribution in [3.05, 3.63) is 53.6 Å². The average Bonchev–Trinajstić information content (AvgIpc) is 2.67.